The fourth-order valence-electron chi connectivity index (χ4n) is 4.13. The Morgan fingerprint density at radius 2 is 1.92 bits per heavy atom. The van der Waals surface area contributed by atoms with Gasteiger partial charge in [0.25, 0.3) is 0 Å². The van der Waals surface area contributed by atoms with Gasteiger partial charge in [0, 0.05) is 36.1 Å². The van der Waals surface area contributed by atoms with E-state index < -0.39 is 0 Å². The first-order chi connectivity index (χ1) is 17.6. The highest BCUT2D eigenvalue weighted by atomic mass is 16.1. The number of aryl methyl sites for hydroxylation is 1. The van der Waals surface area contributed by atoms with Crippen molar-refractivity contribution in [3.05, 3.63) is 61.3 Å². The molecule has 0 saturated heterocycles. The van der Waals surface area contributed by atoms with Crippen molar-refractivity contribution in [3.8, 4) is 28.3 Å². The topological polar surface area (TPSA) is 143 Å². The Kier molecular flexibility index (Phi) is 5.21. The normalized spacial score (nSPS) is 11.4. The number of amides is 1. The van der Waals surface area contributed by atoms with Gasteiger partial charge in [-0.1, -0.05) is 6.92 Å². The second-order valence-electron chi connectivity index (χ2n) is 8.52. The van der Waals surface area contributed by atoms with Gasteiger partial charge in [0.05, 0.1) is 52.9 Å². The predicted molar refractivity (Wildman–Crippen MR) is 135 cm³/mol. The van der Waals surface area contributed by atoms with Crippen LogP contribution in [0.1, 0.15) is 25.5 Å². The number of hydrogen-bond acceptors (Lipinski definition) is 7. The number of H-pyrrole nitrogens is 2. The van der Waals surface area contributed by atoms with Gasteiger partial charge >= 0.3 is 0 Å². The molecule has 0 unspecified atom stereocenters. The number of imidazole rings is 2. The highest BCUT2D eigenvalue weighted by Crippen LogP contribution is 2.30. The Bertz CT molecular complexity index is 1730. The Balaban J connectivity index is 1.40. The van der Waals surface area contributed by atoms with Crippen LogP contribution < -0.4 is 5.32 Å². The van der Waals surface area contributed by atoms with Gasteiger partial charge in [0.2, 0.25) is 5.91 Å². The number of rotatable bonds is 6. The Labute approximate surface area is 205 Å². The summed E-state index contributed by atoms with van der Waals surface area (Å²) in [5, 5.41) is 11.1. The number of nitrogens with zero attached hydrogens (tertiary/aromatic N) is 7. The first-order valence-electron chi connectivity index (χ1n) is 11.5. The molecule has 3 N–H and O–H groups in total. The molecule has 0 atom stereocenters. The average Bonchev–Trinajstić information content (AvgIpc) is 3.61. The molecule has 0 spiro atoms. The minimum atomic E-state index is -0.0354. The lowest BCUT2D eigenvalue weighted by molar-refractivity contribution is -0.116. The van der Waals surface area contributed by atoms with Gasteiger partial charge in [-0.3, -0.25) is 19.9 Å². The number of nitrogens with one attached hydrogen (secondary N) is 3. The van der Waals surface area contributed by atoms with Gasteiger partial charge in [-0.25, -0.2) is 15.0 Å². The molecule has 178 valence electrons. The number of pyridine rings is 3. The van der Waals surface area contributed by atoms with Crippen LogP contribution >= 0.6 is 0 Å². The molecule has 0 saturated carbocycles. The zero-order valence-corrected chi connectivity index (χ0v) is 19.6. The number of hydrogen-bond donors (Lipinski definition) is 3. The predicted octanol–water partition coefficient (Wildman–Crippen LogP) is 4.19. The lowest BCUT2D eigenvalue weighted by atomic mass is 10.1. The minimum absolute atomic E-state index is 0.0354. The minimum Gasteiger partial charge on any atom is -0.335 e. The maximum absolute atomic E-state index is 12.0. The van der Waals surface area contributed by atoms with Crippen LogP contribution in [0.3, 0.4) is 0 Å². The average molecular weight is 479 g/mol. The molecule has 36 heavy (non-hydrogen) atoms. The zero-order valence-electron chi connectivity index (χ0n) is 19.6. The van der Waals surface area contributed by atoms with Crippen molar-refractivity contribution in [1.82, 2.24) is 44.7 Å². The number of anilines is 1. The molecule has 0 aliphatic heterocycles. The standard InChI is InChI=1S/C25H22N10O/c1-3-4-21(36)30-17-5-15(7-26-9-17)16-6-18-22(33-34-24(18)28-8-16)25-31-19-10-27-11-20(23(19)32-25)35-12-14(2)29-13-35/h5-13H,3-4H2,1-2H3,(H,30,36)(H,31,32)(H,28,33,34). The summed E-state index contributed by atoms with van der Waals surface area (Å²) in [5.41, 5.74) is 6.89. The summed E-state index contributed by atoms with van der Waals surface area (Å²) in [6.45, 7) is 3.90. The SMILES string of the molecule is CCCC(=O)Nc1cncc(-c2cnc3n[nH]c(-c4nc5c(-n6cnc(C)c6)cncc5[nH]4)c3c2)c1. The third kappa shape index (κ3) is 3.86. The maximum Gasteiger partial charge on any atom is 0.224 e. The van der Waals surface area contributed by atoms with Crippen LogP contribution in [0.15, 0.2) is 55.6 Å². The van der Waals surface area contributed by atoms with Crippen LogP contribution in [-0.2, 0) is 4.79 Å². The van der Waals surface area contributed by atoms with Gasteiger partial charge in [-0.2, -0.15) is 5.10 Å². The third-order valence-electron chi connectivity index (χ3n) is 5.84. The van der Waals surface area contributed by atoms with Crippen LogP contribution in [0, 0.1) is 6.92 Å². The molecular formula is C25H22N10O. The summed E-state index contributed by atoms with van der Waals surface area (Å²) >= 11 is 0. The van der Waals surface area contributed by atoms with Crippen molar-refractivity contribution in [2.45, 2.75) is 26.7 Å². The van der Waals surface area contributed by atoms with Gasteiger partial charge in [-0.15, -0.1) is 0 Å². The molecular weight excluding hydrogens is 456 g/mol. The number of carbonyl (C=O) groups is 1. The monoisotopic (exact) mass is 478 g/mol. The first-order valence-corrected chi connectivity index (χ1v) is 11.5. The third-order valence-corrected chi connectivity index (χ3v) is 5.84. The van der Waals surface area contributed by atoms with Crippen molar-refractivity contribution in [2.75, 3.05) is 5.32 Å². The van der Waals surface area contributed by atoms with Crippen LogP contribution in [-0.4, -0.2) is 50.6 Å². The van der Waals surface area contributed by atoms with Crippen LogP contribution in [0.25, 0.3) is 50.4 Å². The highest BCUT2D eigenvalue weighted by molar-refractivity contribution is 5.95. The van der Waals surface area contributed by atoms with E-state index in [4.69, 9.17) is 4.98 Å². The fraction of sp³-hybridized carbons (Fsp3) is 0.160. The van der Waals surface area contributed by atoms with E-state index in [1.165, 1.54) is 0 Å². The van der Waals surface area contributed by atoms with E-state index in [2.05, 4.69) is 40.4 Å². The molecule has 6 heterocycles. The summed E-state index contributed by atoms with van der Waals surface area (Å²) in [6.07, 6.45) is 13.5. The van der Waals surface area contributed by atoms with Crippen molar-refractivity contribution >= 4 is 33.7 Å². The number of aromatic nitrogens is 9. The van der Waals surface area contributed by atoms with Gasteiger partial charge in [-0.05, 0) is 25.5 Å². The molecule has 6 rings (SSSR count). The van der Waals surface area contributed by atoms with E-state index in [-0.39, 0.29) is 5.91 Å². The van der Waals surface area contributed by atoms with Gasteiger partial charge in [0.15, 0.2) is 11.5 Å². The first kappa shape index (κ1) is 21.6. The zero-order chi connectivity index (χ0) is 24.6. The number of carbonyl (C=O) groups excluding carboxylic acids is 1. The lowest BCUT2D eigenvalue weighted by Crippen LogP contribution is -2.10. The molecule has 0 aliphatic carbocycles. The summed E-state index contributed by atoms with van der Waals surface area (Å²) in [5.74, 6) is 0.586. The van der Waals surface area contributed by atoms with E-state index in [0.717, 1.165) is 45.3 Å². The Hall–Kier alpha value is -4.93. The summed E-state index contributed by atoms with van der Waals surface area (Å²) in [4.78, 5) is 37.7. The van der Waals surface area contributed by atoms with Crippen molar-refractivity contribution in [3.63, 3.8) is 0 Å². The molecule has 0 aromatic carbocycles. The van der Waals surface area contributed by atoms with Gasteiger partial charge in [0.1, 0.15) is 11.2 Å². The Morgan fingerprint density at radius 1 is 1.06 bits per heavy atom. The molecule has 0 aliphatic rings. The summed E-state index contributed by atoms with van der Waals surface area (Å²) in [7, 11) is 0. The number of aromatic amines is 2. The Morgan fingerprint density at radius 3 is 2.75 bits per heavy atom. The van der Waals surface area contributed by atoms with E-state index in [1.807, 2.05) is 36.7 Å². The van der Waals surface area contributed by atoms with E-state index >= 15 is 0 Å². The molecule has 11 nitrogen and oxygen atoms in total. The van der Waals surface area contributed by atoms with E-state index in [1.54, 1.807) is 37.3 Å². The van der Waals surface area contributed by atoms with E-state index in [9.17, 15) is 4.79 Å². The molecule has 6 aromatic heterocycles. The second-order valence-corrected chi connectivity index (χ2v) is 8.52. The van der Waals surface area contributed by atoms with Crippen molar-refractivity contribution < 1.29 is 4.79 Å². The molecule has 6 aromatic rings. The van der Waals surface area contributed by atoms with Crippen molar-refractivity contribution in [1.29, 1.82) is 0 Å². The van der Waals surface area contributed by atoms with E-state index in [0.29, 0.717) is 29.3 Å². The molecule has 0 radical (unpaired) electrons. The van der Waals surface area contributed by atoms with Crippen molar-refractivity contribution in [2.24, 2.45) is 0 Å². The quantitative estimate of drug-likeness (QED) is 0.326. The highest BCUT2D eigenvalue weighted by Gasteiger charge is 2.17. The fourth-order valence-corrected chi connectivity index (χ4v) is 4.13. The van der Waals surface area contributed by atoms with Crippen LogP contribution in [0.2, 0.25) is 0 Å². The summed E-state index contributed by atoms with van der Waals surface area (Å²) < 4.78 is 1.90. The number of fused-ring (bicyclic) bond motifs is 2. The second kappa shape index (κ2) is 8.69. The maximum atomic E-state index is 12.0. The van der Waals surface area contributed by atoms with Crippen LogP contribution in [0.5, 0.6) is 0 Å². The largest absolute Gasteiger partial charge is 0.335 e. The molecule has 11 heteroatoms. The summed E-state index contributed by atoms with van der Waals surface area (Å²) in [6, 6.07) is 3.87. The molecule has 0 bridgehead atoms. The molecule has 1 amide bonds. The van der Waals surface area contributed by atoms with Gasteiger partial charge < -0.3 is 14.9 Å². The molecule has 0 fully saturated rings. The van der Waals surface area contributed by atoms with Crippen LogP contribution in [0.4, 0.5) is 5.69 Å². The smallest absolute Gasteiger partial charge is 0.224 e. The lowest BCUT2D eigenvalue weighted by Gasteiger charge is -2.07.